The Bertz CT molecular complexity index is 1070. The zero-order chi connectivity index (χ0) is 22.2. The minimum absolute atomic E-state index is 0.136. The Morgan fingerprint density at radius 2 is 1.75 bits per heavy atom. The van der Waals surface area contributed by atoms with Crippen LogP contribution >= 0.6 is 0 Å². The molecule has 1 N–H and O–H groups in total. The summed E-state index contributed by atoms with van der Waals surface area (Å²) in [6, 6.07) is 20.1. The van der Waals surface area contributed by atoms with Crippen molar-refractivity contribution in [3.05, 3.63) is 78.5 Å². The standard InChI is InChI=1S/C24H23F3N4O/c25-24(26,27)32-21-8-6-20(7-9-21)30-16-23(11-12-23)31(17-30)15-18-10-13-28-22(14-18)29-19-4-2-1-3-5-19/h1-10,13-14H,11-12,15-17H2,(H,28,29). The molecule has 5 rings (SSSR count). The quantitative estimate of drug-likeness (QED) is 0.545. The van der Waals surface area contributed by atoms with Crippen molar-refractivity contribution in [3.63, 3.8) is 0 Å². The molecule has 32 heavy (non-hydrogen) atoms. The SMILES string of the molecule is FC(F)(F)Oc1ccc(N2CN(Cc3ccnc(Nc4ccccc4)c3)C3(CC3)C2)cc1. The van der Waals surface area contributed by atoms with E-state index in [0.29, 0.717) is 0 Å². The smallest absolute Gasteiger partial charge is 0.406 e. The molecule has 0 amide bonds. The van der Waals surface area contributed by atoms with Crippen molar-refractivity contribution in [2.75, 3.05) is 23.4 Å². The number of para-hydroxylation sites is 1. The van der Waals surface area contributed by atoms with E-state index in [1.165, 1.54) is 17.7 Å². The van der Waals surface area contributed by atoms with Gasteiger partial charge in [-0.2, -0.15) is 0 Å². The number of anilines is 3. The van der Waals surface area contributed by atoms with Gasteiger partial charge in [-0.3, -0.25) is 4.90 Å². The number of aromatic nitrogens is 1. The second kappa shape index (κ2) is 8.02. The highest BCUT2D eigenvalue weighted by Crippen LogP contribution is 2.48. The molecule has 8 heteroatoms. The maximum atomic E-state index is 12.4. The molecule has 0 unspecified atom stereocenters. The average molecular weight is 440 g/mol. The molecule has 2 heterocycles. The van der Waals surface area contributed by atoms with Gasteiger partial charge < -0.3 is 15.0 Å². The number of hydrogen-bond donors (Lipinski definition) is 1. The molecule has 2 aromatic carbocycles. The van der Waals surface area contributed by atoms with Gasteiger partial charge in [0.15, 0.2) is 0 Å². The van der Waals surface area contributed by atoms with E-state index < -0.39 is 6.36 Å². The zero-order valence-corrected chi connectivity index (χ0v) is 17.3. The first kappa shape index (κ1) is 20.6. The van der Waals surface area contributed by atoms with Crippen molar-refractivity contribution in [1.29, 1.82) is 0 Å². The van der Waals surface area contributed by atoms with Crippen LogP contribution in [0, 0.1) is 0 Å². The van der Waals surface area contributed by atoms with Crippen LogP contribution in [0.1, 0.15) is 18.4 Å². The molecular formula is C24H23F3N4O. The second-order valence-corrected chi connectivity index (χ2v) is 8.34. The molecule has 1 saturated heterocycles. The number of rotatable bonds is 6. The summed E-state index contributed by atoms with van der Waals surface area (Å²) >= 11 is 0. The Kier molecular flexibility index (Phi) is 5.17. The van der Waals surface area contributed by atoms with Gasteiger partial charge in [0.25, 0.3) is 0 Å². The van der Waals surface area contributed by atoms with Crippen LogP contribution in [0.25, 0.3) is 0 Å². The van der Waals surface area contributed by atoms with Crippen LogP contribution < -0.4 is 15.0 Å². The lowest BCUT2D eigenvalue weighted by molar-refractivity contribution is -0.274. The Labute approximate surface area is 184 Å². The predicted octanol–water partition coefficient (Wildman–Crippen LogP) is 5.54. The third kappa shape index (κ3) is 4.65. The molecule has 1 spiro atoms. The van der Waals surface area contributed by atoms with Gasteiger partial charge in [0.05, 0.1) is 6.67 Å². The van der Waals surface area contributed by atoms with Gasteiger partial charge in [-0.15, -0.1) is 13.2 Å². The lowest BCUT2D eigenvalue weighted by atomic mass is 10.2. The number of benzene rings is 2. The summed E-state index contributed by atoms with van der Waals surface area (Å²) in [6.45, 7) is 2.38. The number of pyridine rings is 1. The van der Waals surface area contributed by atoms with Gasteiger partial charge in [-0.05, 0) is 66.9 Å². The first-order valence-corrected chi connectivity index (χ1v) is 10.5. The Morgan fingerprint density at radius 3 is 2.44 bits per heavy atom. The van der Waals surface area contributed by atoms with Crippen LogP contribution in [-0.4, -0.2) is 35.0 Å². The monoisotopic (exact) mass is 440 g/mol. The Hall–Kier alpha value is -3.26. The molecule has 3 aromatic rings. The number of ether oxygens (including phenoxy) is 1. The van der Waals surface area contributed by atoms with Gasteiger partial charge in [0, 0.05) is 36.2 Å². The zero-order valence-electron chi connectivity index (χ0n) is 17.3. The summed E-state index contributed by atoms with van der Waals surface area (Å²) in [7, 11) is 0. The van der Waals surface area contributed by atoms with Crippen molar-refractivity contribution >= 4 is 17.2 Å². The fourth-order valence-electron chi connectivity index (χ4n) is 4.26. The highest BCUT2D eigenvalue weighted by atomic mass is 19.4. The summed E-state index contributed by atoms with van der Waals surface area (Å²) in [5, 5.41) is 3.33. The van der Waals surface area contributed by atoms with Crippen molar-refractivity contribution in [1.82, 2.24) is 9.88 Å². The van der Waals surface area contributed by atoms with Crippen LogP contribution in [0.15, 0.2) is 72.9 Å². The summed E-state index contributed by atoms with van der Waals surface area (Å²) in [5.41, 5.74) is 3.19. The van der Waals surface area contributed by atoms with E-state index in [0.717, 1.165) is 49.8 Å². The summed E-state index contributed by atoms with van der Waals surface area (Å²) < 4.78 is 41.2. The summed E-state index contributed by atoms with van der Waals surface area (Å²) in [6.07, 6.45) is -0.617. The number of nitrogens with zero attached hydrogens (tertiary/aromatic N) is 3. The van der Waals surface area contributed by atoms with E-state index in [1.807, 2.05) is 42.6 Å². The van der Waals surface area contributed by atoms with Gasteiger partial charge in [0.1, 0.15) is 11.6 Å². The number of nitrogens with one attached hydrogen (secondary N) is 1. The van der Waals surface area contributed by atoms with Crippen molar-refractivity contribution in [3.8, 4) is 5.75 Å². The Morgan fingerprint density at radius 1 is 1.00 bits per heavy atom. The van der Waals surface area contributed by atoms with Gasteiger partial charge in [0.2, 0.25) is 0 Å². The molecule has 1 aliphatic heterocycles. The molecule has 1 aliphatic carbocycles. The second-order valence-electron chi connectivity index (χ2n) is 8.34. The minimum Gasteiger partial charge on any atom is -0.406 e. The molecular weight excluding hydrogens is 417 g/mol. The number of hydrogen-bond acceptors (Lipinski definition) is 5. The molecule has 166 valence electrons. The average Bonchev–Trinajstić information content (AvgIpc) is 3.45. The van der Waals surface area contributed by atoms with E-state index in [2.05, 4.69) is 30.9 Å². The fourth-order valence-corrected chi connectivity index (χ4v) is 4.26. The lowest BCUT2D eigenvalue weighted by Crippen LogP contribution is -2.32. The lowest BCUT2D eigenvalue weighted by Gasteiger charge is -2.23. The molecule has 2 aliphatic rings. The molecule has 1 saturated carbocycles. The van der Waals surface area contributed by atoms with Crippen molar-refractivity contribution < 1.29 is 17.9 Å². The van der Waals surface area contributed by atoms with Crippen LogP contribution in [0.3, 0.4) is 0 Å². The predicted molar refractivity (Wildman–Crippen MR) is 117 cm³/mol. The molecule has 0 radical (unpaired) electrons. The van der Waals surface area contributed by atoms with Gasteiger partial charge >= 0.3 is 6.36 Å². The van der Waals surface area contributed by atoms with Crippen LogP contribution in [0.2, 0.25) is 0 Å². The molecule has 1 aromatic heterocycles. The first-order valence-electron chi connectivity index (χ1n) is 10.5. The molecule has 2 fully saturated rings. The van der Waals surface area contributed by atoms with Gasteiger partial charge in [-0.25, -0.2) is 4.98 Å². The Balaban J connectivity index is 1.26. The third-order valence-electron chi connectivity index (χ3n) is 6.00. The maximum absolute atomic E-state index is 12.4. The topological polar surface area (TPSA) is 40.6 Å². The van der Waals surface area contributed by atoms with Gasteiger partial charge in [-0.1, -0.05) is 18.2 Å². The highest BCUT2D eigenvalue weighted by Gasteiger charge is 2.53. The number of halogens is 3. The molecule has 0 bridgehead atoms. The van der Waals surface area contributed by atoms with Crippen LogP contribution in [0.4, 0.5) is 30.4 Å². The fraction of sp³-hybridized carbons (Fsp3) is 0.292. The minimum atomic E-state index is -4.68. The van der Waals surface area contributed by atoms with Crippen LogP contribution in [-0.2, 0) is 6.54 Å². The van der Waals surface area contributed by atoms with E-state index in [4.69, 9.17) is 0 Å². The maximum Gasteiger partial charge on any atom is 0.573 e. The highest BCUT2D eigenvalue weighted by molar-refractivity contribution is 5.56. The van der Waals surface area contributed by atoms with E-state index in [-0.39, 0.29) is 11.3 Å². The summed E-state index contributed by atoms with van der Waals surface area (Å²) in [5.74, 6) is 0.600. The number of alkyl halides is 3. The van der Waals surface area contributed by atoms with Crippen molar-refractivity contribution in [2.24, 2.45) is 0 Å². The first-order chi connectivity index (χ1) is 15.4. The van der Waals surface area contributed by atoms with Crippen LogP contribution in [0.5, 0.6) is 5.75 Å². The molecule has 0 atom stereocenters. The van der Waals surface area contributed by atoms with E-state index >= 15 is 0 Å². The largest absolute Gasteiger partial charge is 0.573 e. The third-order valence-corrected chi connectivity index (χ3v) is 6.00. The summed E-state index contributed by atoms with van der Waals surface area (Å²) in [4.78, 5) is 9.10. The van der Waals surface area contributed by atoms with Crippen molar-refractivity contribution in [2.45, 2.75) is 31.3 Å². The normalized spacial score (nSPS) is 17.5. The molecule has 5 nitrogen and oxygen atoms in total. The van der Waals surface area contributed by atoms with E-state index in [9.17, 15) is 13.2 Å². The van der Waals surface area contributed by atoms with E-state index in [1.54, 1.807) is 12.1 Å².